The molecular weight excluding hydrogens is 274 g/mol. The van der Waals surface area contributed by atoms with Gasteiger partial charge in [0.25, 0.3) is 0 Å². The van der Waals surface area contributed by atoms with Crippen molar-refractivity contribution in [1.82, 2.24) is 0 Å². The fourth-order valence-corrected chi connectivity index (χ4v) is 3.05. The number of hydrogen-bond acceptors (Lipinski definition) is 3. The van der Waals surface area contributed by atoms with Gasteiger partial charge in [0.15, 0.2) is 0 Å². The van der Waals surface area contributed by atoms with Gasteiger partial charge < -0.3 is 9.15 Å². The second-order valence-electron chi connectivity index (χ2n) is 5.65. The molecule has 1 fully saturated rings. The van der Waals surface area contributed by atoms with Crippen LogP contribution in [0.2, 0.25) is 0 Å². The molecule has 0 amide bonds. The Morgan fingerprint density at radius 2 is 2.00 bits per heavy atom. The van der Waals surface area contributed by atoms with Crippen LogP contribution in [-0.2, 0) is 0 Å². The van der Waals surface area contributed by atoms with Crippen LogP contribution in [0.4, 0.5) is 0 Å². The molecular formula is C19H15NO2. The molecule has 2 atom stereocenters. The maximum absolute atomic E-state index is 9.20. The highest BCUT2D eigenvalue weighted by Crippen LogP contribution is 2.53. The summed E-state index contributed by atoms with van der Waals surface area (Å²) in [5, 5.41) is 10.3. The van der Waals surface area contributed by atoms with Gasteiger partial charge in [-0.05, 0) is 24.6 Å². The predicted octanol–water partition coefficient (Wildman–Crippen LogP) is 4.74. The number of ether oxygens (including phenoxy) is 1. The second-order valence-corrected chi connectivity index (χ2v) is 5.65. The lowest BCUT2D eigenvalue weighted by Gasteiger charge is -2.02. The van der Waals surface area contributed by atoms with E-state index >= 15 is 0 Å². The zero-order valence-corrected chi connectivity index (χ0v) is 12.2. The number of rotatable bonds is 3. The molecule has 1 aliphatic carbocycles. The van der Waals surface area contributed by atoms with E-state index in [0.29, 0.717) is 0 Å². The van der Waals surface area contributed by atoms with Gasteiger partial charge in [-0.25, -0.2) is 0 Å². The highest BCUT2D eigenvalue weighted by molar-refractivity contribution is 5.90. The molecule has 1 saturated carbocycles. The van der Waals surface area contributed by atoms with Crippen molar-refractivity contribution in [2.75, 3.05) is 7.11 Å². The van der Waals surface area contributed by atoms with Gasteiger partial charge in [-0.1, -0.05) is 30.3 Å². The van der Waals surface area contributed by atoms with Gasteiger partial charge in [-0.3, -0.25) is 0 Å². The van der Waals surface area contributed by atoms with Crippen molar-refractivity contribution in [3.05, 3.63) is 54.1 Å². The molecule has 0 spiro atoms. The van der Waals surface area contributed by atoms with E-state index in [0.717, 1.165) is 40.0 Å². The SMILES string of the molecule is COc1ccc2oc(-c3ccccc3)c([C@@H]3C[C@H]3C#N)c2c1. The molecule has 0 radical (unpaired) electrons. The van der Waals surface area contributed by atoms with Gasteiger partial charge in [0.05, 0.1) is 19.1 Å². The van der Waals surface area contributed by atoms with Gasteiger partial charge in [0.2, 0.25) is 0 Å². The van der Waals surface area contributed by atoms with Crippen LogP contribution < -0.4 is 4.74 Å². The van der Waals surface area contributed by atoms with E-state index in [1.54, 1.807) is 7.11 Å². The Balaban J connectivity index is 1.96. The quantitative estimate of drug-likeness (QED) is 0.700. The van der Waals surface area contributed by atoms with Crippen LogP contribution in [0.5, 0.6) is 5.75 Å². The van der Waals surface area contributed by atoms with Gasteiger partial charge in [-0.2, -0.15) is 5.26 Å². The Morgan fingerprint density at radius 1 is 1.18 bits per heavy atom. The minimum Gasteiger partial charge on any atom is -0.497 e. The van der Waals surface area contributed by atoms with E-state index in [-0.39, 0.29) is 11.8 Å². The lowest BCUT2D eigenvalue weighted by Crippen LogP contribution is -1.86. The number of benzene rings is 2. The largest absolute Gasteiger partial charge is 0.497 e. The molecule has 2 aromatic carbocycles. The van der Waals surface area contributed by atoms with E-state index in [4.69, 9.17) is 9.15 Å². The van der Waals surface area contributed by atoms with E-state index in [1.165, 1.54) is 0 Å². The summed E-state index contributed by atoms with van der Waals surface area (Å²) in [5.41, 5.74) is 3.04. The zero-order valence-electron chi connectivity index (χ0n) is 12.2. The Morgan fingerprint density at radius 3 is 2.68 bits per heavy atom. The Hall–Kier alpha value is -2.73. The molecule has 1 heterocycles. The number of nitrogens with zero attached hydrogens (tertiary/aromatic N) is 1. The molecule has 3 aromatic rings. The van der Waals surface area contributed by atoms with Gasteiger partial charge in [-0.15, -0.1) is 0 Å². The second kappa shape index (κ2) is 4.92. The van der Waals surface area contributed by atoms with E-state index in [9.17, 15) is 5.26 Å². The van der Waals surface area contributed by atoms with Crippen LogP contribution in [-0.4, -0.2) is 7.11 Å². The maximum Gasteiger partial charge on any atom is 0.138 e. The van der Waals surface area contributed by atoms with Crippen LogP contribution in [0.15, 0.2) is 52.9 Å². The van der Waals surface area contributed by atoms with Crippen LogP contribution in [0, 0.1) is 17.2 Å². The third-order valence-corrected chi connectivity index (χ3v) is 4.30. The average molecular weight is 289 g/mol. The maximum atomic E-state index is 9.20. The summed E-state index contributed by atoms with van der Waals surface area (Å²) in [4.78, 5) is 0. The summed E-state index contributed by atoms with van der Waals surface area (Å²) in [6.45, 7) is 0. The van der Waals surface area contributed by atoms with Crippen molar-refractivity contribution in [3.63, 3.8) is 0 Å². The van der Waals surface area contributed by atoms with Crippen molar-refractivity contribution in [2.45, 2.75) is 12.3 Å². The molecule has 3 nitrogen and oxygen atoms in total. The Bertz CT molecular complexity index is 874. The molecule has 3 heteroatoms. The number of fused-ring (bicyclic) bond motifs is 1. The normalized spacial score (nSPS) is 19.8. The topological polar surface area (TPSA) is 46.2 Å². The summed E-state index contributed by atoms with van der Waals surface area (Å²) in [5.74, 6) is 2.04. The molecule has 4 rings (SSSR count). The first kappa shape index (κ1) is 13.0. The smallest absolute Gasteiger partial charge is 0.138 e. The average Bonchev–Trinajstić information content (AvgIpc) is 3.26. The van der Waals surface area contributed by atoms with Crippen molar-refractivity contribution < 1.29 is 9.15 Å². The number of nitriles is 1. The van der Waals surface area contributed by atoms with Gasteiger partial charge in [0.1, 0.15) is 17.1 Å². The third kappa shape index (κ3) is 1.96. The first-order valence-corrected chi connectivity index (χ1v) is 7.37. The molecule has 108 valence electrons. The van der Waals surface area contributed by atoms with E-state index in [2.05, 4.69) is 6.07 Å². The van der Waals surface area contributed by atoms with E-state index < -0.39 is 0 Å². The monoisotopic (exact) mass is 289 g/mol. The fraction of sp³-hybridized carbons (Fsp3) is 0.211. The molecule has 0 aliphatic heterocycles. The van der Waals surface area contributed by atoms with E-state index in [1.807, 2.05) is 48.5 Å². The summed E-state index contributed by atoms with van der Waals surface area (Å²) in [7, 11) is 1.66. The first-order valence-electron chi connectivity index (χ1n) is 7.37. The van der Waals surface area contributed by atoms with Crippen molar-refractivity contribution >= 4 is 11.0 Å². The van der Waals surface area contributed by atoms with Crippen molar-refractivity contribution in [2.24, 2.45) is 5.92 Å². The van der Waals surface area contributed by atoms with Gasteiger partial charge in [0, 0.05) is 22.4 Å². The highest BCUT2D eigenvalue weighted by Gasteiger charge is 2.42. The molecule has 1 aliphatic rings. The lowest BCUT2D eigenvalue weighted by molar-refractivity contribution is 0.415. The molecule has 0 unspecified atom stereocenters. The van der Waals surface area contributed by atoms with Crippen molar-refractivity contribution in [1.29, 1.82) is 5.26 Å². The van der Waals surface area contributed by atoms with Crippen LogP contribution in [0.25, 0.3) is 22.3 Å². The molecule has 0 saturated heterocycles. The summed E-state index contributed by atoms with van der Waals surface area (Å²) < 4.78 is 11.5. The van der Waals surface area contributed by atoms with Gasteiger partial charge >= 0.3 is 0 Å². The molecule has 0 bridgehead atoms. The third-order valence-electron chi connectivity index (χ3n) is 4.30. The van der Waals surface area contributed by atoms with Crippen LogP contribution >= 0.6 is 0 Å². The fourth-order valence-electron chi connectivity index (χ4n) is 3.05. The number of furan rings is 1. The summed E-state index contributed by atoms with van der Waals surface area (Å²) in [6.07, 6.45) is 0.905. The zero-order chi connectivity index (χ0) is 15.1. The lowest BCUT2D eigenvalue weighted by atomic mass is 10.0. The molecule has 1 aromatic heterocycles. The standard InChI is InChI=1S/C19H15NO2/c1-21-14-7-8-17-16(10-14)18(15-9-13(15)11-20)19(22-17)12-5-3-2-4-6-12/h2-8,10,13,15H,9H2,1H3/t13-,15+/m0/s1. The van der Waals surface area contributed by atoms with Crippen LogP contribution in [0.1, 0.15) is 17.9 Å². The summed E-state index contributed by atoms with van der Waals surface area (Å²) in [6, 6.07) is 18.3. The minimum atomic E-state index is 0.0921. The van der Waals surface area contributed by atoms with Crippen molar-refractivity contribution in [3.8, 4) is 23.1 Å². The molecule has 0 N–H and O–H groups in total. The molecule has 22 heavy (non-hydrogen) atoms. The Kier molecular flexibility index (Phi) is 2.90. The number of hydrogen-bond donors (Lipinski definition) is 0. The minimum absolute atomic E-state index is 0.0921. The first-order chi connectivity index (χ1) is 10.8. The predicted molar refractivity (Wildman–Crippen MR) is 84.7 cm³/mol. The summed E-state index contributed by atoms with van der Waals surface area (Å²) >= 11 is 0. The van der Waals surface area contributed by atoms with Crippen LogP contribution in [0.3, 0.4) is 0 Å². The number of methoxy groups -OCH3 is 1. The highest BCUT2D eigenvalue weighted by atomic mass is 16.5. The Labute approximate surface area is 128 Å².